The van der Waals surface area contributed by atoms with E-state index in [1.165, 1.54) is 6.07 Å². The summed E-state index contributed by atoms with van der Waals surface area (Å²) in [5.41, 5.74) is 7.04. The Balaban J connectivity index is 2.33. The van der Waals surface area contributed by atoms with Crippen molar-refractivity contribution in [1.82, 2.24) is 0 Å². The Bertz CT molecular complexity index is 571. The Morgan fingerprint density at radius 2 is 1.89 bits per heavy atom. The van der Waals surface area contributed by atoms with Gasteiger partial charge in [0, 0.05) is 24.5 Å². The van der Waals surface area contributed by atoms with E-state index in [2.05, 4.69) is 18.7 Å². The van der Waals surface area contributed by atoms with Gasteiger partial charge in [0.15, 0.2) is 0 Å². The van der Waals surface area contributed by atoms with E-state index in [-0.39, 0.29) is 4.90 Å². The van der Waals surface area contributed by atoms with Gasteiger partial charge in [-0.3, -0.25) is 0 Å². The summed E-state index contributed by atoms with van der Waals surface area (Å²) in [5, 5.41) is 5.17. The molecular formula is C13H21N3O2S. The Morgan fingerprint density at radius 1 is 1.21 bits per heavy atom. The van der Waals surface area contributed by atoms with Crippen LogP contribution in [0.5, 0.6) is 0 Å². The first-order chi connectivity index (χ1) is 8.77. The summed E-state index contributed by atoms with van der Waals surface area (Å²) in [6, 6.07) is 4.81. The minimum Gasteiger partial charge on any atom is -0.399 e. The lowest BCUT2D eigenvalue weighted by Crippen LogP contribution is -2.38. The SMILES string of the molecule is CC1CCN(c2cc(N)cc(S(N)(=O)=O)c2)CC1C. The van der Waals surface area contributed by atoms with Gasteiger partial charge >= 0.3 is 0 Å². The molecule has 1 aromatic rings. The largest absolute Gasteiger partial charge is 0.399 e. The quantitative estimate of drug-likeness (QED) is 0.803. The zero-order valence-electron chi connectivity index (χ0n) is 11.3. The van der Waals surface area contributed by atoms with E-state index in [0.29, 0.717) is 17.5 Å². The van der Waals surface area contributed by atoms with Crippen molar-refractivity contribution in [1.29, 1.82) is 0 Å². The first-order valence-corrected chi connectivity index (χ1v) is 8.00. The van der Waals surface area contributed by atoms with Gasteiger partial charge in [0.1, 0.15) is 0 Å². The number of piperidine rings is 1. The van der Waals surface area contributed by atoms with Crippen molar-refractivity contribution in [2.24, 2.45) is 17.0 Å². The maximum atomic E-state index is 11.4. The summed E-state index contributed by atoms with van der Waals surface area (Å²) in [4.78, 5) is 2.25. The molecule has 1 heterocycles. The van der Waals surface area contributed by atoms with E-state index in [1.807, 2.05) is 0 Å². The van der Waals surface area contributed by atoms with Crippen LogP contribution in [0.3, 0.4) is 0 Å². The van der Waals surface area contributed by atoms with E-state index in [0.717, 1.165) is 25.2 Å². The van der Waals surface area contributed by atoms with E-state index >= 15 is 0 Å². The predicted octanol–water partition coefficient (Wildman–Crippen LogP) is 1.40. The molecule has 1 aliphatic heterocycles. The first-order valence-electron chi connectivity index (χ1n) is 6.45. The van der Waals surface area contributed by atoms with Crippen molar-refractivity contribution >= 4 is 21.4 Å². The van der Waals surface area contributed by atoms with Crippen LogP contribution < -0.4 is 15.8 Å². The van der Waals surface area contributed by atoms with Crippen molar-refractivity contribution in [3.8, 4) is 0 Å². The van der Waals surface area contributed by atoms with E-state index < -0.39 is 10.0 Å². The van der Waals surface area contributed by atoms with Gasteiger partial charge in [-0.2, -0.15) is 0 Å². The molecule has 5 nitrogen and oxygen atoms in total. The van der Waals surface area contributed by atoms with Crippen LogP contribution in [0.2, 0.25) is 0 Å². The highest BCUT2D eigenvalue weighted by Gasteiger charge is 2.23. The molecule has 2 unspecified atom stereocenters. The fourth-order valence-electron chi connectivity index (χ4n) is 2.45. The number of primary sulfonamides is 1. The average Bonchev–Trinajstić information content (AvgIpc) is 2.31. The highest BCUT2D eigenvalue weighted by molar-refractivity contribution is 7.89. The van der Waals surface area contributed by atoms with Crippen LogP contribution in [0, 0.1) is 11.8 Å². The standard InChI is InChI=1S/C13H21N3O2S/c1-9-3-4-16(8-10(9)2)12-5-11(14)6-13(7-12)19(15,17)18/h5-7,9-10H,3-4,8,14H2,1-2H3,(H2,15,17,18). The second kappa shape index (κ2) is 5.02. The van der Waals surface area contributed by atoms with Crippen molar-refractivity contribution in [3.05, 3.63) is 18.2 Å². The molecule has 0 radical (unpaired) electrons. The predicted molar refractivity (Wildman–Crippen MR) is 77.4 cm³/mol. The second-order valence-corrected chi connectivity index (χ2v) is 7.06. The molecular weight excluding hydrogens is 262 g/mol. The van der Waals surface area contributed by atoms with Crippen molar-refractivity contribution in [3.63, 3.8) is 0 Å². The van der Waals surface area contributed by atoms with Crippen LogP contribution in [0.15, 0.2) is 23.1 Å². The van der Waals surface area contributed by atoms with Crippen LogP contribution in [-0.4, -0.2) is 21.5 Å². The minimum atomic E-state index is -3.72. The zero-order valence-corrected chi connectivity index (χ0v) is 12.2. The number of rotatable bonds is 2. The molecule has 106 valence electrons. The minimum absolute atomic E-state index is 0.0776. The Kier molecular flexibility index (Phi) is 3.73. The molecule has 2 atom stereocenters. The van der Waals surface area contributed by atoms with Gasteiger partial charge in [0.05, 0.1) is 4.90 Å². The van der Waals surface area contributed by atoms with Crippen molar-refractivity contribution in [2.75, 3.05) is 23.7 Å². The molecule has 19 heavy (non-hydrogen) atoms. The maximum Gasteiger partial charge on any atom is 0.238 e. The van der Waals surface area contributed by atoms with Crippen LogP contribution in [0.25, 0.3) is 0 Å². The summed E-state index contributed by atoms with van der Waals surface area (Å²) >= 11 is 0. The lowest BCUT2D eigenvalue weighted by atomic mass is 9.88. The van der Waals surface area contributed by atoms with Gasteiger partial charge in [-0.15, -0.1) is 0 Å². The third kappa shape index (κ3) is 3.19. The number of nitrogens with two attached hydrogens (primary N) is 2. The normalized spacial score (nSPS) is 24.5. The zero-order chi connectivity index (χ0) is 14.2. The van der Waals surface area contributed by atoms with E-state index in [1.54, 1.807) is 12.1 Å². The van der Waals surface area contributed by atoms with Gasteiger partial charge in [0.2, 0.25) is 10.0 Å². The number of benzene rings is 1. The lowest BCUT2D eigenvalue weighted by Gasteiger charge is -2.37. The summed E-state index contributed by atoms with van der Waals surface area (Å²) in [5.74, 6) is 1.27. The molecule has 0 saturated carbocycles. The molecule has 0 amide bonds. The van der Waals surface area contributed by atoms with Crippen molar-refractivity contribution in [2.45, 2.75) is 25.2 Å². The Labute approximate surface area is 114 Å². The fourth-order valence-corrected chi connectivity index (χ4v) is 3.04. The van der Waals surface area contributed by atoms with Crippen LogP contribution in [0.1, 0.15) is 20.3 Å². The van der Waals surface area contributed by atoms with Crippen molar-refractivity contribution < 1.29 is 8.42 Å². The monoisotopic (exact) mass is 283 g/mol. The molecule has 0 spiro atoms. The highest BCUT2D eigenvalue weighted by atomic mass is 32.2. The maximum absolute atomic E-state index is 11.4. The third-order valence-electron chi connectivity index (χ3n) is 3.94. The molecule has 2 rings (SSSR count). The van der Waals surface area contributed by atoms with Gasteiger partial charge in [-0.25, -0.2) is 13.6 Å². The van der Waals surface area contributed by atoms with Gasteiger partial charge in [-0.1, -0.05) is 13.8 Å². The third-order valence-corrected chi connectivity index (χ3v) is 4.83. The summed E-state index contributed by atoms with van der Waals surface area (Å²) in [6.45, 7) is 6.29. The first kappa shape index (κ1) is 14.1. The molecule has 0 bridgehead atoms. The Hall–Kier alpha value is -1.27. The molecule has 4 N–H and O–H groups in total. The smallest absolute Gasteiger partial charge is 0.238 e. The molecule has 1 aromatic carbocycles. The van der Waals surface area contributed by atoms with E-state index in [4.69, 9.17) is 10.9 Å². The highest BCUT2D eigenvalue weighted by Crippen LogP contribution is 2.29. The number of sulfonamides is 1. The number of nitrogen functional groups attached to an aromatic ring is 1. The summed E-state index contributed by atoms with van der Waals surface area (Å²) < 4.78 is 22.9. The van der Waals surface area contributed by atoms with Crippen LogP contribution in [-0.2, 0) is 10.0 Å². The molecule has 0 aliphatic carbocycles. The topological polar surface area (TPSA) is 89.4 Å². The Morgan fingerprint density at radius 3 is 2.47 bits per heavy atom. The molecule has 0 aromatic heterocycles. The summed E-state index contributed by atoms with van der Waals surface area (Å²) in [7, 11) is -3.72. The summed E-state index contributed by atoms with van der Waals surface area (Å²) in [6.07, 6.45) is 1.10. The number of hydrogen-bond donors (Lipinski definition) is 2. The van der Waals surface area contributed by atoms with E-state index in [9.17, 15) is 8.42 Å². The molecule has 6 heteroatoms. The van der Waals surface area contributed by atoms with Crippen LogP contribution >= 0.6 is 0 Å². The number of nitrogens with zero attached hydrogens (tertiary/aromatic N) is 1. The fraction of sp³-hybridized carbons (Fsp3) is 0.538. The van der Waals surface area contributed by atoms with Crippen LogP contribution in [0.4, 0.5) is 11.4 Å². The van der Waals surface area contributed by atoms with Gasteiger partial charge in [0.25, 0.3) is 0 Å². The number of anilines is 2. The van der Waals surface area contributed by atoms with Gasteiger partial charge in [-0.05, 0) is 36.5 Å². The number of hydrogen-bond acceptors (Lipinski definition) is 4. The second-order valence-electron chi connectivity index (χ2n) is 5.49. The van der Waals surface area contributed by atoms with Gasteiger partial charge < -0.3 is 10.6 Å². The molecule has 1 saturated heterocycles. The molecule has 1 fully saturated rings. The molecule has 1 aliphatic rings. The lowest BCUT2D eigenvalue weighted by molar-refractivity contribution is 0.324. The average molecular weight is 283 g/mol.